The van der Waals surface area contributed by atoms with Crippen LogP contribution < -0.4 is 5.32 Å². The van der Waals surface area contributed by atoms with E-state index in [1.165, 1.54) is 25.9 Å². The molecule has 104 valence electrons. The lowest BCUT2D eigenvalue weighted by Crippen LogP contribution is -2.50. The van der Waals surface area contributed by atoms with E-state index in [4.69, 9.17) is 5.11 Å². The molecule has 0 saturated carbocycles. The first-order chi connectivity index (χ1) is 8.34. The minimum Gasteiger partial charge on any atom is -0.480 e. The zero-order valence-corrected chi connectivity index (χ0v) is 11.3. The SMILES string of the molecule is CCCN(CC(=O)NC)C(=O)N(C)C(C)C(=O)O. The number of carbonyl (C=O) groups excluding carboxylic acids is 2. The number of aliphatic carboxylic acids is 1. The molecule has 0 aliphatic carbocycles. The van der Waals surface area contributed by atoms with E-state index < -0.39 is 18.0 Å². The van der Waals surface area contributed by atoms with Gasteiger partial charge in [0, 0.05) is 20.6 Å². The summed E-state index contributed by atoms with van der Waals surface area (Å²) in [6.45, 7) is 3.64. The second-order valence-corrected chi connectivity index (χ2v) is 4.00. The molecule has 2 N–H and O–H groups in total. The Balaban J connectivity index is 4.74. The lowest BCUT2D eigenvalue weighted by molar-refractivity contribution is -0.141. The van der Waals surface area contributed by atoms with Gasteiger partial charge in [0.2, 0.25) is 5.91 Å². The fraction of sp³-hybridized carbons (Fsp3) is 0.727. The molecule has 18 heavy (non-hydrogen) atoms. The van der Waals surface area contributed by atoms with Crippen molar-refractivity contribution in [2.45, 2.75) is 26.3 Å². The van der Waals surface area contributed by atoms with Crippen molar-refractivity contribution in [1.82, 2.24) is 15.1 Å². The standard InChI is InChI=1S/C11H21N3O4/c1-5-6-14(7-9(15)12-3)11(18)13(4)8(2)10(16)17/h8H,5-7H2,1-4H3,(H,12,15)(H,16,17). The summed E-state index contributed by atoms with van der Waals surface area (Å²) in [5.41, 5.74) is 0. The number of likely N-dealkylation sites (N-methyl/N-ethyl adjacent to an activating group) is 2. The predicted octanol–water partition coefficient (Wildman–Crippen LogP) is -0.0307. The molecule has 1 unspecified atom stereocenters. The minimum absolute atomic E-state index is 0.0696. The predicted molar refractivity (Wildman–Crippen MR) is 66.2 cm³/mol. The summed E-state index contributed by atoms with van der Waals surface area (Å²) >= 11 is 0. The molecule has 0 rings (SSSR count). The molecular weight excluding hydrogens is 238 g/mol. The minimum atomic E-state index is -1.08. The van der Waals surface area contributed by atoms with Gasteiger partial charge in [-0.1, -0.05) is 6.92 Å². The Morgan fingerprint density at radius 1 is 1.33 bits per heavy atom. The molecule has 0 aromatic heterocycles. The number of carboxylic acid groups (broad SMARTS) is 1. The quantitative estimate of drug-likeness (QED) is 0.701. The third-order valence-corrected chi connectivity index (χ3v) is 2.62. The molecule has 0 radical (unpaired) electrons. The van der Waals surface area contributed by atoms with Crippen LogP contribution >= 0.6 is 0 Å². The molecule has 0 spiro atoms. The third-order valence-electron chi connectivity index (χ3n) is 2.62. The van der Waals surface area contributed by atoms with Crippen molar-refractivity contribution in [1.29, 1.82) is 0 Å². The molecule has 7 nitrogen and oxygen atoms in total. The van der Waals surface area contributed by atoms with Crippen LogP contribution in [0, 0.1) is 0 Å². The smallest absolute Gasteiger partial charge is 0.326 e. The summed E-state index contributed by atoms with van der Waals surface area (Å²) in [4.78, 5) is 36.6. The van der Waals surface area contributed by atoms with E-state index in [-0.39, 0.29) is 12.5 Å². The van der Waals surface area contributed by atoms with Crippen LogP contribution in [-0.2, 0) is 9.59 Å². The second kappa shape index (κ2) is 7.52. The van der Waals surface area contributed by atoms with Crippen molar-refractivity contribution < 1.29 is 19.5 Å². The van der Waals surface area contributed by atoms with Crippen LogP contribution in [0.25, 0.3) is 0 Å². The highest BCUT2D eigenvalue weighted by molar-refractivity contribution is 5.86. The Kier molecular flexibility index (Phi) is 6.77. The van der Waals surface area contributed by atoms with Crippen molar-refractivity contribution >= 4 is 17.9 Å². The van der Waals surface area contributed by atoms with Gasteiger partial charge < -0.3 is 20.2 Å². The lowest BCUT2D eigenvalue weighted by atomic mass is 10.3. The highest BCUT2D eigenvalue weighted by Gasteiger charge is 2.26. The molecule has 0 aliphatic heterocycles. The molecular formula is C11H21N3O4. The monoisotopic (exact) mass is 259 g/mol. The summed E-state index contributed by atoms with van der Waals surface area (Å²) < 4.78 is 0. The number of hydrogen-bond acceptors (Lipinski definition) is 3. The average Bonchev–Trinajstić information content (AvgIpc) is 2.35. The molecule has 0 aliphatic rings. The molecule has 0 aromatic rings. The zero-order valence-electron chi connectivity index (χ0n) is 11.3. The van der Waals surface area contributed by atoms with E-state index >= 15 is 0 Å². The fourth-order valence-corrected chi connectivity index (χ4v) is 1.32. The largest absolute Gasteiger partial charge is 0.480 e. The van der Waals surface area contributed by atoms with Crippen molar-refractivity contribution in [3.63, 3.8) is 0 Å². The first-order valence-electron chi connectivity index (χ1n) is 5.80. The van der Waals surface area contributed by atoms with Gasteiger partial charge in [-0.05, 0) is 13.3 Å². The molecule has 3 amide bonds. The first-order valence-corrected chi connectivity index (χ1v) is 5.80. The van der Waals surface area contributed by atoms with E-state index in [0.717, 1.165) is 4.90 Å². The van der Waals surface area contributed by atoms with Gasteiger partial charge in [0.05, 0.1) is 0 Å². The van der Waals surface area contributed by atoms with Gasteiger partial charge >= 0.3 is 12.0 Å². The number of carbonyl (C=O) groups is 3. The van der Waals surface area contributed by atoms with Crippen molar-refractivity contribution in [3.8, 4) is 0 Å². The molecule has 0 bridgehead atoms. The Morgan fingerprint density at radius 3 is 2.28 bits per heavy atom. The maximum atomic E-state index is 12.0. The molecule has 7 heteroatoms. The third kappa shape index (κ3) is 4.60. The molecule has 0 fully saturated rings. The number of amides is 3. The maximum Gasteiger partial charge on any atom is 0.326 e. The second-order valence-electron chi connectivity index (χ2n) is 4.00. The summed E-state index contributed by atoms with van der Waals surface area (Å²) in [6, 6.07) is -1.39. The number of urea groups is 1. The Bertz CT molecular complexity index is 319. The van der Waals surface area contributed by atoms with Crippen LogP contribution in [-0.4, -0.2) is 66.0 Å². The summed E-state index contributed by atoms with van der Waals surface area (Å²) in [6.07, 6.45) is 0.692. The fourth-order valence-electron chi connectivity index (χ4n) is 1.32. The van der Waals surface area contributed by atoms with E-state index in [1.807, 2.05) is 6.92 Å². The van der Waals surface area contributed by atoms with Crippen LogP contribution in [0.1, 0.15) is 20.3 Å². The van der Waals surface area contributed by atoms with E-state index in [2.05, 4.69) is 5.32 Å². The van der Waals surface area contributed by atoms with Crippen LogP contribution in [0.5, 0.6) is 0 Å². The topological polar surface area (TPSA) is 90.0 Å². The number of nitrogens with one attached hydrogen (secondary N) is 1. The highest BCUT2D eigenvalue weighted by Crippen LogP contribution is 2.03. The molecule has 0 heterocycles. The van der Waals surface area contributed by atoms with E-state index in [0.29, 0.717) is 13.0 Å². The Hall–Kier alpha value is -1.79. The van der Waals surface area contributed by atoms with Gasteiger partial charge in [-0.3, -0.25) is 4.79 Å². The normalized spacial score (nSPS) is 11.6. The summed E-state index contributed by atoms with van der Waals surface area (Å²) in [7, 11) is 2.90. The van der Waals surface area contributed by atoms with Gasteiger partial charge in [-0.2, -0.15) is 0 Å². The molecule has 0 saturated heterocycles. The van der Waals surface area contributed by atoms with Gasteiger partial charge in [-0.25, -0.2) is 9.59 Å². The number of carboxylic acids is 1. The lowest BCUT2D eigenvalue weighted by Gasteiger charge is -2.29. The average molecular weight is 259 g/mol. The van der Waals surface area contributed by atoms with Crippen LogP contribution in [0.4, 0.5) is 4.79 Å². The highest BCUT2D eigenvalue weighted by atomic mass is 16.4. The van der Waals surface area contributed by atoms with Crippen molar-refractivity contribution in [2.75, 3.05) is 27.2 Å². The van der Waals surface area contributed by atoms with E-state index in [1.54, 1.807) is 0 Å². The van der Waals surface area contributed by atoms with E-state index in [9.17, 15) is 14.4 Å². The molecule has 0 aromatic carbocycles. The maximum absolute atomic E-state index is 12.0. The van der Waals surface area contributed by atoms with Gasteiger partial charge in [0.1, 0.15) is 12.6 Å². The Labute approximate surface area is 107 Å². The number of nitrogens with zero attached hydrogens (tertiary/aromatic N) is 2. The number of hydrogen-bond donors (Lipinski definition) is 2. The Morgan fingerprint density at radius 2 is 1.89 bits per heavy atom. The van der Waals surface area contributed by atoms with Crippen LogP contribution in [0.2, 0.25) is 0 Å². The van der Waals surface area contributed by atoms with Crippen molar-refractivity contribution in [2.24, 2.45) is 0 Å². The zero-order chi connectivity index (χ0) is 14.3. The van der Waals surface area contributed by atoms with Gasteiger partial charge in [0.15, 0.2) is 0 Å². The number of rotatable bonds is 6. The molecule has 1 atom stereocenters. The van der Waals surface area contributed by atoms with Crippen molar-refractivity contribution in [3.05, 3.63) is 0 Å². The van der Waals surface area contributed by atoms with Gasteiger partial charge in [0.25, 0.3) is 0 Å². The van der Waals surface area contributed by atoms with Gasteiger partial charge in [-0.15, -0.1) is 0 Å². The van der Waals surface area contributed by atoms with Crippen LogP contribution in [0.3, 0.4) is 0 Å². The van der Waals surface area contributed by atoms with Crippen LogP contribution in [0.15, 0.2) is 0 Å². The summed E-state index contributed by atoms with van der Waals surface area (Å²) in [5.74, 6) is -1.37. The first kappa shape index (κ1) is 16.2. The summed E-state index contributed by atoms with van der Waals surface area (Å²) in [5, 5.41) is 11.3.